The monoisotopic (exact) mass is 427 g/mol. The number of hydrogen-bond donors (Lipinski definition) is 1. The third-order valence-corrected chi connectivity index (χ3v) is 5.99. The van der Waals surface area contributed by atoms with Crippen LogP contribution in [0.15, 0.2) is 48.7 Å². The van der Waals surface area contributed by atoms with E-state index in [0.29, 0.717) is 15.7 Å². The lowest BCUT2D eigenvalue weighted by Crippen LogP contribution is -2.31. The summed E-state index contributed by atoms with van der Waals surface area (Å²) >= 11 is 12.7. The third kappa shape index (κ3) is 4.06. The summed E-state index contributed by atoms with van der Waals surface area (Å²) in [5.74, 6) is 0.0647. The molecule has 6 heteroatoms. The normalized spacial score (nSPS) is 16.5. The number of anilines is 1. The minimum absolute atomic E-state index is 0.116. The van der Waals surface area contributed by atoms with E-state index in [9.17, 15) is 4.79 Å². The molecule has 0 saturated carbocycles. The van der Waals surface area contributed by atoms with E-state index >= 15 is 0 Å². The zero-order chi connectivity index (χ0) is 20.7. The fourth-order valence-electron chi connectivity index (χ4n) is 4.08. The molecular weight excluding hydrogens is 405 g/mol. The molecule has 0 aliphatic carbocycles. The molecule has 1 aliphatic heterocycles. The fourth-order valence-corrected chi connectivity index (χ4v) is 4.65. The number of halogens is 2. The Balaban J connectivity index is 1.59. The molecule has 29 heavy (non-hydrogen) atoms. The lowest BCUT2D eigenvalue weighted by atomic mass is 9.84. The van der Waals surface area contributed by atoms with Gasteiger partial charge in [0.25, 0.3) is 5.91 Å². The Kier molecular flexibility index (Phi) is 5.43. The smallest absolute Gasteiger partial charge is 0.272 e. The summed E-state index contributed by atoms with van der Waals surface area (Å²) in [5.41, 5.74) is 5.95. The summed E-state index contributed by atoms with van der Waals surface area (Å²) in [7, 11) is 3.97. The maximum atomic E-state index is 12.5. The molecule has 2 aromatic carbocycles. The highest BCUT2D eigenvalue weighted by Crippen LogP contribution is 2.38. The first-order valence-corrected chi connectivity index (χ1v) is 10.3. The van der Waals surface area contributed by atoms with E-state index in [-0.39, 0.29) is 11.8 Å². The second kappa shape index (κ2) is 7.86. The van der Waals surface area contributed by atoms with Gasteiger partial charge in [-0.15, -0.1) is 0 Å². The van der Waals surface area contributed by atoms with E-state index in [1.807, 2.05) is 55.1 Å². The Morgan fingerprint density at radius 2 is 1.83 bits per heavy atom. The number of fused-ring (bicyclic) bond motifs is 1. The first kappa shape index (κ1) is 20.0. The van der Waals surface area contributed by atoms with Crippen LogP contribution < -0.4 is 5.32 Å². The van der Waals surface area contributed by atoms with Crippen LogP contribution in [0.1, 0.15) is 38.7 Å². The molecule has 3 aromatic rings. The Morgan fingerprint density at radius 1 is 1.10 bits per heavy atom. The average molecular weight is 428 g/mol. The Hall–Kier alpha value is -2.27. The lowest BCUT2D eigenvalue weighted by Gasteiger charge is -2.33. The zero-order valence-electron chi connectivity index (χ0n) is 16.7. The molecule has 0 saturated heterocycles. The molecule has 1 aliphatic rings. The number of nitrogens with zero attached hydrogens (tertiary/aromatic N) is 2. The van der Waals surface area contributed by atoms with Crippen LogP contribution in [-0.2, 0) is 13.6 Å². The van der Waals surface area contributed by atoms with Gasteiger partial charge >= 0.3 is 0 Å². The SMILES string of the molecule is Cc1cc(C(=O)Nc2ccc(C3CN(C)Cc4c(Cl)cc(Cl)cc43)cc2)n(C)c1. The van der Waals surface area contributed by atoms with Crippen molar-refractivity contribution in [3.8, 4) is 0 Å². The van der Waals surface area contributed by atoms with Crippen LogP contribution >= 0.6 is 23.2 Å². The van der Waals surface area contributed by atoms with Crippen molar-refractivity contribution < 1.29 is 4.79 Å². The molecule has 0 spiro atoms. The van der Waals surface area contributed by atoms with Crippen molar-refractivity contribution in [3.05, 3.63) is 86.7 Å². The van der Waals surface area contributed by atoms with Gasteiger partial charge in [0.05, 0.1) is 0 Å². The zero-order valence-corrected chi connectivity index (χ0v) is 18.2. The van der Waals surface area contributed by atoms with Crippen molar-refractivity contribution in [2.75, 3.05) is 18.9 Å². The lowest BCUT2D eigenvalue weighted by molar-refractivity contribution is 0.101. The second-order valence-electron chi connectivity index (χ2n) is 7.79. The molecule has 150 valence electrons. The first-order valence-electron chi connectivity index (χ1n) is 9.52. The molecule has 0 radical (unpaired) electrons. The van der Waals surface area contributed by atoms with Crippen molar-refractivity contribution in [3.63, 3.8) is 0 Å². The van der Waals surface area contributed by atoms with Gasteiger partial charge in [0, 0.05) is 48.0 Å². The minimum atomic E-state index is -0.116. The van der Waals surface area contributed by atoms with Crippen LogP contribution in [0.5, 0.6) is 0 Å². The molecular formula is C23H23Cl2N3O. The molecule has 1 atom stereocenters. The van der Waals surface area contributed by atoms with Crippen LogP contribution in [0.3, 0.4) is 0 Å². The Labute approximate surface area is 181 Å². The Morgan fingerprint density at radius 3 is 2.48 bits per heavy atom. The van der Waals surface area contributed by atoms with Crippen LogP contribution in [0.2, 0.25) is 10.0 Å². The van der Waals surface area contributed by atoms with Crippen molar-refractivity contribution in [1.82, 2.24) is 9.47 Å². The van der Waals surface area contributed by atoms with Gasteiger partial charge in [0.2, 0.25) is 0 Å². The first-order chi connectivity index (χ1) is 13.8. The minimum Gasteiger partial charge on any atom is -0.346 e. The van der Waals surface area contributed by atoms with Gasteiger partial charge in [-0.05, 0) is 66.6 Å². The fraction of sp³-hybridized carbons (Fsp3) is 0.261. The van der Waals surface area contributed by atoms with E-state index in [2.05, 4.69) is 29.4 Å². The summed E-state index contributed by atoms with van der Waals surface area (Å²) in [4.78, 5) is 14.8. The van der Waals surface area contributed by atoms with Crippen LogP contribution in [0.4, 0.5) is 5.69 Å². The van der Waals surface area contributed by atoms with Gasteiger partial charge in [-0.2, -0.15) is 0 Å². The maximum Gasteiger partial charge on any atom is 0.272 e. The number of aromatic nitrogens is 1. The van der Waals surface area contributed by atoms with Crippen LogP contribution in [-0.4, -0.2) is 29.0 Å². The molecule has 4 rings (SSSR count). The molecule has 2 heterocycles. The van der Waals surface area contributed by atoms with E-state index in [0.717, 1.165) is 29.9 Å². The number of carbonyl (C=O) groups is 1. The summed E-state index contributed by atoms with van der Waals surface area (Å²) in [5, 5.41) is 4.35. The van der Waals surface area contributed by atoms with E-state index in [1.165, 1.54) is 11.1 Å². The second-order valence-corrected chi connectivity index (χ2v) is 8.64. The summed E-state index contributed by atoms with van der Waals surface area (Å²) < 4.78 is 1.83. The third-order valence-electron chi connectivity index (χ3n) is 5.44. The predicted molar refractivity (Wildman–Crippen MR) is 119 cm³/mol. The number of hydrogen-bond acceptors (Lipinski definition) is 2. The standard InChI is InChI=1S/C23H23Cl2N3O/c1-14-8-22(28(3)11-14)23(29)26-17-6-4-15(5-7-17)19-12-27(2)13-20-18(19)9-16(24)10-21(20)25/h4-11,19H,12-13H2,1-3H3,(H,26,29). The highest BCUT2D eigenvalue weighted by Gasteiger charge is 2.27. The number of rotatable bonds is 3. The predicted octanol–water partition coefficient (Wildman–Crippen LogP) is 5.47. The number of benzene rings is 2. The number of aryl methyl sites for hydroxylation is 2. The van der Waals surface area contributed by atoms with E-state index in [4.69, 9.17) is 23.2 Å². The maximum absolute atomic E-state index is 12.5. The molecule has 1 aromatic heterocycles. The molecule has 1 N–H and O–H groups in total. The van der Waals surface area contributed by atoms with Gasteiger partial charge < -0.3 is 14.8 Å². The van der Waals surface area contributed by atoms with Gasteiger partial charge in [0.15, 0.2) is 0 Å². The Bertz CT molecular complexity index is 1070. The number of carbonyl (C=O) groups excluding carboxylic acids is 1. The van der Waals surface area contributed by atoms with Crippen molar-refractivity contribution in [1.29, 1.82) is 0 Å². The largest absolute Gasteiger partial charge is 0.346 e. The topological polar surface area (TPSA) is 37.3 Å². The van der Waals surface area contributed by atoms with Gasteiger partial charge in [-0.25, -0.2) is 0 Å². The summed E-state index contributed by atoms with van der Waals surface area (Å²) in [6.45, 7) is 3.67. The summed E-state index contributed by atoms with van der Waals surface area (Å²) in [6.07, 6.45) is 1.94. The molecule has 0 fully saturated rings. The van der Waals surface area contributed by atoms with Crippen molar-refractivity contribution >= 4 is 34.8 Å². The van der Waals surface area contributed by atoms with Gasteiger partial charge in [-0.3, -0.25) is 4.79 Å². The van der Waals surface area contributed by atoms with E-state index in [1.54, 1.807) is 0 Å². The van der Waals surface area contributed by atoms with E-state index < -0.39 is 0 Å². The molecule has 0 bridgehead atoms. The van der Waals surface area contributed by atoms with Crippen LogP contribution in [0.25, 0.3) is 0 Å². The molecule has 4 nitrogen and oxygen atoms in total. The molecule has 1 amide bonds. The highest BCUT2D eigenvalue weighted by molar-refractivity contribution is 6.35. The van der Waals surface area contributed by atoms with Crippen LogP contribution in [0, 0.1) is 6.92 Å². The van der Waals surface area contributed by atoms with Gasteiger partial charge in [-0.1, -0.05) is 35.3 Å². The number of nitrogens with one attached hydrogen (secondary N) is 1. The summed E-state index contributed by atoms with van der Waals surface area (Å²) in [6, 6.07) is 13.7. The highest BCUT2D eigenvalue weighted by atomic mass is 35.5. The van der Waals surface area contributed by atoms with Crippen molar-refractivity contribution in [2.45, 2.75) is 19.4 Å². The number of likely N-dealkylation sites (N-methyl/N-ethyl adjacent to an activating group) is 1. The average Bonchev–Trinajstić information content (AvgIpc) is 3.01. The van der Waals surface area contributed by atoms with Crippen molar-refractivity contribution in [2.24, 2.45) is 7.05 Å². The quantitative estimate of drug-likeness (QED) is 0.601. The van der Waals surface area contributed by atoms with Gasteiger partial charge in [0.1, 0.15) is 5.69 Å². The molecule has 1 unspecified atom stereocenters. The number of amides is 1.